The van der Waals surface area contributed by atoms with Gasteiger partial charge in [-0.2, -0.15) is 5.26 Å². The standard InChI is InChI=1S/C25H23BrN2O3/c1-25(2)11-19(29)23-21(12-25)31-24(28)18(13-27)22(23)17-10-16(26)8-9-20(17)30-14-15-6-4-3-5-7-15/h3-10,22H,11-12,14,28H2,1-2H3. The molecule has 2 aromatic carbocycles. The number of hydrogen-bond donors (Lipinski definition) is 1. The molecule has 0 radical (unpaired) electrons. The van der Waals surface area contributed by atoms with Crippen LogP contribution in [0.4, 0.5) is 0 Å². The Hall–Kier alpha value is -3.04. The number of benzene rings is 2. The lowest BCUT2D eigenvalue weighted by Crippen LogP contribution is -2.33. The summed E-state index contributed by atoms with van der Waals surface area (Å²) in [5.41, 5.74) is 8.40. The van der Waals surface area contributed by atoms with E-state index in [1.165, 1.54) is 0 Å². The van der Waals surface area contributed by atoms with E-state index in [0.29, 0.717) is 42.1 Å². The highest BCUT2D eigenvalue weighted by molar-refractivity contribution is 9.10. The van der Waals surface area contributed by atoms with E-state index in [0.717, 1.165) is 10.0 Å². The second-order valence-corrected chi connectivity index (χ2v) is 9.57. The Balaban J connectivity index is 1.81. The minimum absolute atomic E-state index is 0.0227. The van der Waals surface area contributed by atoms with E-state index >= 15 is 0 Å². The van der Waals surface area contributed by atoms with Crippen molar-refractivity contribution in [3.05, 3.63) is 86.9 Å². The third kappa shape index (κ3) is 4.24. The average molecular weight is 479 g/mol. The number of ketones is 1. The lowest BCUT2D eigenvalue weighted by molar-refractivity contribution is -0.119. The molecule has 0 saturated heterocycles. The molecule has 1 atom stereocenters. The summed E-state index contributed by atoms with van der Waals surface area (Å²) in [6.45, 7) is 4.42. The van der Waals surface area contributed by atoms with Gasteiger partial charge in [0.1, 0.15) is 29.8 Å². The first kappa shape index (κ1) is 21.2. The number of allylic oxidation sites excluding steroid dienone is 3. The van der Waals surface area contributed by atoms with Crippen molar-refractivity contribution >= 4 is 21.7 Å². The van der Waals surface area contributed by atoms with Crippen molar-refractivity contribution in [3.8, 4) is 11.8 Å². The minimum Gasteiger partial charge on any atom is -0.489 e. The van der Waals surface area contributed by atoms with Gasteiger partial charge < -0.3 is 15.2 Å². The van der Waals surface area contributed by atoms with Gasteiger partial charge in [0.25, 0.3) is 0 Å². The second kappa shape index (κ2) is 8.24. The van der Waals surface area contributed by atoms with Gasteiger partial charge in [0.2, 0.25) is 5.88 Å². The van der Waals surface area contributed by atoms with Crippen LogP contribution in [0.3, 0.4) is 0 Å². The van der Waals surface area contributed by atoms with Crippen molar-refractivity contribution in [1.29, 1.82) is 5.26 Å². The highest BCUT2D eigenvalue weighted by Gasteiger charge is 2.43. The van der Waals surface area contributed by atoms with Crippen LogP contribution in [0.15, 0.2) is 75.8 Å². The number of ether oxygens (including phenoxy) is 2. The quantitative estimate of drug-likeness (QED) is 0.628. The molecule has 158 valence electrons. The van der Waals surface area contributed by atoms with Crippen LogP contribution in [0, 0.1) is 16.7 Å². The summed E-state index contributed by atoms with van der Waals surface area (Å²) in [7, 11) is 0. The Morgan fingerprint density at radius 1 is 1.23 bits per heavy atom. The number of Topliss-reactive ketones (excluding diaryl/α,β-unsaturated/α-hetero) is 1. The zero-order chi connectivity index (χ0) is 22.2. The molecule has 5 nitrogen and oxygen atoms in total. The van der Waals surface area contributed by atoms with Crippen LogP contribution >= 0.6 is 15.9 Å². The summed E-state index contributed by atoms with van der Waals surface area (Å²) in [5.74, 6) is 0.553. The van der Waals surface area contributed by atoms with Crippen molar-refractivity contribution in [1.82, 2.24) is 0 Å². The Bertz CT molecular complexity index is 1140. The van der Waals surface area contributed by atoms with Crippen LogP contribution in [-0.4, -0.2) is 5.78 Å². The zero-order valence-electron chi connectivity index (χ0n) is 17.4. The number of carbonyl (C=O) groups is 1. The normalized spacial score (nSPS) is 20.1. The van der Waals surface area contributed by atoms with Gasteiger partial charge in [-0.1, -0.05) is 60.1 Å². The Labute approximate surface area is 190 Å². The third-order valence-corrected chi connectivity index (χ3v) is 6.09. The molecule has 1 unspecified atom stereocenters. The Morgan fingerprint density at radius 3 is 2.68 bits per heavy atom. The van der Waals surface area contributed by atoms with Gasteiger partial charge >= 0.3 is 0 Å². The Kier molecular flexibility index (Phi) is 5.63. The third-order valence-electron chi connectivity index (χ3n) is 5.60. The number of nitrogens with two attached hydrogens (primary N) is 1. The molecule has 1 heterocycles. The summed E-state index contributed by atoms with van der Waals surface area (Å²) in [6.07, 6.45) is 0.969. The molecule has 4 rings (SSSR count). The predicted octanol–water partition coefficient (Wildman–Crippen LogP) is 5.48. The molecular formula is C25H23BrN2O3. The fourth-order valence-corrected chi connectivity index (χ4v) is 4.59. The summed E-state index contributed by atoms with van der Waals surface area (Å²) in [5, 5.41) is 9.89. The lowest BCUT2D eigenvalue weighted by atomic mass is 9.70. The van der Waals surface area contributed by atoms with Crippen LogP contribution < -0.4 is 10.5 Å². The second-order valence-electron chi connectivity index (χ2n) is 8.66. The van der Waals surface area contributed by atoms with E-state index in [-0.39, 0.29) is 22.7 Å². The first-order valence-corrected chi connectivity index (χ1v) is 10.9. The minimum atomic E-state index is -0.624. The smallest absolute Gasteiger partial charge is 0.205 e. The van der Waals surface area contributed by atoms with E-state index in [2.05, 4.69) is 22.0 Å². The molecular weight excluding hydrogens is 456 g/mol. The van der Waals surface area contributed by atoms with Crippen molar-refractivity contribution in [2.24, 2.45) is 11.1 Å². The summed E-state index contributed by atoms with van der Waals surface area (Å²) in [4.78, 5) is 13.2. The van der Waals surface area contributed by atoms with Gasteiger partial charge in [0.05, 0.1) is 5.92 Å². The van der Waals surface area contributed by atoms with E-state index in [9.17, 15) is 10.1 Å². The van der Waals surface area contributed by atoms with Crippen LogP contribution in [0.2, 0.25) is 0 Å². The van der Waals surface area contributed by atoms with Crippen molar-refractivity contribution in [3.63, 3.8) is 0 Å². The molecule has 0 amide bonds. The summed E-state index contributed by atoms with van der Waals surface area (Å²) >= 11 is 3.52. The zero-order valence-corrected chi connectivity index (χ0v) is 19.0. The number of nitriles is 1. The fourth-order valence-electron chi connectivity index (χ4n) is 4.21. The molecule has 0 bridgehead atoms. The monoisotopic (exact) mass is 478 g/mol. The van der Waals surface area contributed by atoms with Crippen molar-refractivity contribution in [2.75, 3.05) is 0 Å². The van der Waals surface area contributed by atoms with E-state index in [4.69, 9.17) is 15.2 Å². The van der Waals surface area contributed by atoms with E-state index in [1.807, 2.05) is 62.4 Å². The summed E-state index contributed by atoms with van der Waals surface area (Å²) < 4.78 is 12.8. The molecule has 6 heteroatoms. The van der Waals surface area contributed by atoms with Crippen molar-refractivity contribution < 1.29 is 14.3 Å². The molecule has 1 aliphatic heterocycles. The maximum atomic E-state index is 13.2. The van der Waals surface area contributed by atoms with Crippen LogP contribution in [0.5, 0.6) is 5.75 Å². The molecule has 0 fully saturated rings. The molecule has 0 aromatic heterocycles. The molecule has 2 aliphatic rings. The number of nitrogens with zero attached hydrogens (tertiary/aromatic N) is 1. The highest BCUT2D eigenvalue weighted by Crippen LogP contribution is 2.49. The van der Waals surface area contributed by atoms with Crippen LogP contribution in [0.25, 0.3) is 0 Å². The predicted molar refractivity (Wildman–Crippen MR) is 121 cm³/mol. The topological polar surface area (TPSA) is 85.3 Å². The van der Waals surface area contributed by atoms with Gasteiger partial charge in [-0.25, -0.2) is 0 Å². The van der Waals surface area contributed by atoms with Crippen molar-refractivity contribution in [2.45, 2.75) is 39.2 Å². The van der Waals surface area contributed by atoms with Gasteiger partial charge in [-0.05, 0) is 29.2 Å². The van der Waals surface area contributed by atoms with E-state index in [1.54, 1.807) is 0 Å². The molecule has 1 aliphatic carbocycles. The lowest BCUT2D eigenvalue weighted by Gasteiger charge is -2.37. The number of rotatable bonds is 4. The molecule has 0 saturated carbocycles. The van der Waals surface area contributed by atoms with Gasteiger partial charge in [0.15, 0.2) is 5.78 Å². The van der Waals surface area contributed by atoms with Gasteiger partial charge in [-0.3, -0.25) is 4.79 Å². The molecule has 31 heavy (non-hydrogen) atoms. The maximum absolute atomic E-state index is 13.2. The van der Waals surface area contributed by atoms with Gasteiger partial charge in [-0.15, -0.1) is 0 Å². The van der Waals surface area contributed by atoms with Gasteiger partial charge in [0, 0.05) is 28.5 Å². The number of carbonyl (C=O) groups excluding carboxylic acids is 1. The van der Waals surface area contributed by atoms with Crippen LogP contribution in [0.1, 0.15) is 43.7 Å². The molecule has 2 N–H and O–H groups in total. The number of hydrogen-bond acceptors (Lipinski definition) is 5. The first-order chi connectivity index (χ1) is 14.8. The molecule has 0 spiro atoms. The highest BCUT2D eigenvalue weighted by atomic mass is 79.9. The average Bonchev–Trinajstić information content (AvgIpc) is 2.71. The van der Waals surface area contributed by atoms with Crippen LogP contribution in [-0.2, 0) is 16.1 Å². The van der Waals surface area contributed by atoms with E-state index < -0.39 is 5.92 Å². The fraction of sp³-hybridized carbons (Fsp3) is 0.280. The SMILES string of the molecule is CC1(C)CC(=O)C2=C(C1)OC(N)=C(C#N)C2c1cc(Br)ccc1OCc1ccccc1. The Morgan fingerprint density at radius 2 is 1.97 bits per heavy atom. The summed E-state index contributed by atoms with van der Waals surface area (Å²) in [6, 6.07) is 17.6. The first-order valence-electron chi connectivity index (χ1n) is 10.1. The largest absolute Gasteiger partial charge is 0.489 e. The number of halogens is 1. The maximum Gasteiger partial charge on any atom is 0.205 e. The molecule has 2 aromatic rings.